The smallest absolute Gasteiger partial charge is 0.204 e. The Morgan fingerprint density at radius 1 is 1.56 bits per heavy atom. The van der Waals surface area contributed by atoms with E-state index in [0.29, 0.717) is 17.1 Å². The van der Waals surface area contributed by atoms with Crippen LogP contribution in [0.2, 0.25) is 0 Å². The molecule has 0 amide bonds. The van der Waals surface area contributed by atoms with Gasteiger partial charge in [0, 0.05) is 13.2 Å². The van der Waals surface area contributed by atoms with Crippen molar-refractivity contribution in [2.75, 3.05) is 13.9 Å². The molecule has 0 bridgehead atoms. The van der Waals surface area contributed by atoms with Gasteiger partial charge >= 0.3 is 0 Å². The van der Waals surface area contributed by atoms with Crippen LogP contribution in [0.25, 0.3) is 0 Å². The molecule has 0 spiro atoms. The number of ether oxygens (including phenoxy) is 3. The van der Waals surface area contributed by atoms with Crippen molar-refractivity contribution in [1.82, 2.24) is 0 Å². The number of rotatable bonds is 3. The van der Waals surface area contributed by atoms with Gasteiger partial charge in [-0.3, -0.25) is 4.79 Å². The van der Waals surface area contributed by atoms with Crippen LogP contribution in [0.15, 0.2) is 18.2 Å². The molecule has 2 rings (SSSR count). The first-order valence-corrected chi connectivity index (χ1v) is 4.84. The zero-order valence-electron chi connectivity index (χ0n) is 8.80. The van der Waals surface area contributed by atoms with Gasteiger partial charge in [0.2, 0.25) is 6.29 Å². The summed E-state index contributed by atoms with van der Waals surface area (Å²) in [7, 11) is 1.52. The number of carbonyl (C=O) groups excluding carboxylic acids is 1. The monoisotopic (exact) mass is 224 g/mol. The molecule has 0 saturated heterocycles. The lowest BCUT2D eigenvalue weighted by Crippen LogP contribution is -2.26. The fraction of sp³-hybridized carbons (Fsp3) is 0.364. The molecule has 1 aliphatic heterocycles. The van der Waals surface area contributed by atoms with Gasteiger partial charge in [0.1, 0.15) is 11.5 Å². The van der Waals surface area contributed by atoms with E-state index in [1.165, 1.54) is 7.11 Å². The van der Waals surface area contributed by atoms with Gasteiger partial charge in [-0.1, -0.05) is 0 Å². The predicted octanol–water partition coefficient (Wildman–Crippen LogP) is 0.953. The topological polar surface area (TPSA) is 65.0 Å². The molecule has 1 aromatic carbocycles. The Morgan fingerprint density at radius 3 is 3.12 bits per heavy atom. The fourth-order valence-electron chi connectivity index (χ4n) is 1.50. The number of Topliss-reactive ketones (excluding diaryl/α,β-unsaturated/α-hetero) is 1. The summed E-state index contributed by atoms with van der Waals surface area (Å²) in [5.41, 5.74) is 0.468. The number of hydrogen-bond acceptors (Lipinski definition) is 5. The van der Waals surface area contributed by atoms with Gasteiger partial charge in [-0.15, -0.1) is 0 Å². The minimum Gasteiger partial charge on any atom is -0.467 e. The molecule has 86 valence electrons. The van der Waals surface area contributed by atoms with Crippen LogP contribution in [0.1, 0.15) is 16.8 Å². The molecule has 1 atom stereocenters. The van der Waals surface area contributed by atoms with Crippen LogP contribution in [0.3, 0.4) is 0 Å². The van der Waals surface area contributed by atoms with E-state index in [0.717, 1.165) is 0 Å². The molecular weight excluding hydrogens is 212 g/mol. The molecule has 0 saturated carbocycles. The van der Waals surface area contributed by atoms with E-state index >= 15 is 0 Å². The van der Waals surface area contributed by atoms with Crippen molar-refractivity contribution in [3.8, 4) is 11.5 Å². The summed E-state index contributed by atoms with van der Waals surface area (Å²) >= 11 is 0. The summed E-state index contributed by atoms with van der Waals surface area (Å²) in [5.74, 6) is 0.742. The molecule has 5 heteroatoms. The second-order valence-electron chi connectivity index (χ2n) is 3.41. The van der Waals surface area contributed by atoms with Gasteiger partial charge < -0.3 is 19.3 Å². The van der Waals surface area contributed by atoms with Crippen LogP contribution in [0.5, 0.6) is 11.5 Å². The SMILES string of the molecule is COCOc1ccc2c(c1)OC(O)CC2=O. The van der Waals surface area contributed by atoms with Crippen LogP contribution in [0, 0.1) is 0 Å². The van der Waals surface area contributed by atoms with E-state index in [4.69, 9.17) is 14.2 Å². The molecule has 16 heavy (non-hydrogen) atoms. The Bertz CT molecular complexity index is 401. The number of fused-ring (bicyclic) bond motifs is 1. The number of ketones is 1. The molecule has 1 N–H and O–H groups in total. The number of aliphatic hydroxyl groups is 1. The molecule has 0 radical (unpaired) electrons. The van der Waals surface area contributed by atoms with Crippen LogP contribution in [0.4, 0.5) is 0 Å². The number of aliphatic hydroxyl groups excluding tert-OH is 1. The number of benzene rings is 1. The average molecular weight is 224 g/mol. The summed E-state index contributed by atoms with van der Waals surface area (Å²) in [6.45, 7) is 0.120. The zero-order chi connectivity index (χ0) is 11.5. The first kappa shape index (κ1) is 10.9. The molecule has 1 heterocycles. The highest BCUT2D eigenvalue weighted by Crippen LogP contribution is 2.30. The Kier molecular flexibility index (Phi) is 3.07. The first-order valence-electron chi connectivity index (χ1n) is 4.84. The Balaban J connectivity index is 2.24. The summed E-state index contributed by atoms with van der Waals surface area (Å²) in [6.07, 6.45) is -1.08. The van der Waals surface area contributed by atoms with Crippen molar-refractivity contribution < 1.29 is 24.1 Å². The lowest BCUT2D eigenvalue weighted by molar-refractivity contribution is -0.0249. The van der Waals surface area contributed by atoms with Gasteiger partial charge in [-0.05, 0) is 12.1 Å². The minimum absolute atomic E-state index is 0.00866. The van der Waals surface area contributed by atoms with E-state index in [1.807, 2.05) is 0 Å². The van der Waals surface area contributed by atoms with Crippen molar-refractivity contribution in [3.63, 3.8) is 0 Å². The van der Waals surface area contributed by atoms with Gasteiger partial charge in [0.05, 0.1) is 12.0 Å². The highest BCUT2D eigenvalue weighted by Gasteiger charge is 2.24. The van der Waals surface area contributed by atoms with Crippen LogP contribution < -0.4 is 9.47 Å². The highest BCUT2D eigenvalue weighted by atomic mass is 16.7. The summed E-state index contributed by atoms with van der Waals surface area (Å²) < 4.78 is 15.1. The zero-order valence-corrected chi connectivity index (χ0v) is 8.80. The molecule has 0 aliphatic carbocycles. The molecular formula is C11H12O5. The normalized spacial score (nSPS) is 18.9. The molecule has 1 aromatic rings. The van der Waals surface area contributed by atoms with Crippen LogP contribution in [-0.4, -0.2) is 31.1 Å². The predicted molar refractivity (Wildman–Crippen MR) is 54.5 cm³/mol. The van der Waals surface area contributed by atoms with Crippen LogP contribution >= 0.6 is 0 Å². The molecule has 0 fully saturated rings. The number of methoxy groups -OCH3 is 1. The van der Waals surface area contributed by atoms with Gasteiger partial charge in [-0.25, -0.2) is 0 Å². The minimum atomic E-state index is -1.07. The van der Waals surface area contributed by atoms with E-state index in [1.54, 1.807) is 18.2 Å². The van der Waals surface area contributed by atoms with Gasteiger partial charge in [0.25, 0.3) is 0 Å². The van der Waals surface area contributed by atoms with Crippen molar-refractivity contribution >= 4 is 5.78 Å². The maximum Gasteiger partial charge on any atom is 0.204 e. The Morgan fingerprint density at radius 2 is 2.38 bits per heavy atom. The van der Waals surface area contributed by atoms with Crippen LogP contribution in [-0.2, 0) is 4.74 Å². The van der Waals surface area contributed by atoms with Gasteiger partial charge in [-0.2, -0.15) is 0 Å². The number of hydrogen-bond donors (Lipinski definition) is 1. The fourth-order valence-corrected chi connectivity index (χ4v) is 1.50. The summed E-state index contributed by atoms with van der Waals surface area (Å²) in [4.78, 5) is 11.5. The van der Waals surface area contributed by atoms with Gasteiger partial charge in [0.15, 0.2) is 12.6 Å². The molecule has 1 aliphatic rings. The second-order valence-corrected chi connectivity index (χ2v) is 3.41. The Labute approximate surface area is 92.5 Å². The molecule has 1 unspecified atom stereocenters. The average Bonchev–Trinajstić information content (AvgIpc) is 2.25. The maximum absolute atomic E-state index is 11.5. The van der Waals surface area contributed by atoms with E-state index < -0.39 is 6.29 Å². The van der Waals surface area contributed by atoms with Crippen molar-refractivity contribution in [3.05, 3.63) is 23.8 Å². The van der Waals surface area contributed by atoms with Crippen molar-refractivity contribution in [2.24, 2.45) is 0 Å². The lowest BCUT2D eigenvalue weighted by atomic mass is 10.0. The Hall–Kier alpha value is -1.59. The quantitative estimate of drug-likeness (QED) is 0.774. The molecule has 5 nitrogen and oxygen atoms in total. The maximum atomic E-state index is 11.5. The van der Waals surface area contributed by atoms with E-state index in [9.17, 15) is 9.90 Å². The van der Waals surface area contributed by atoms with E-state index in [2.05, 4.69) is 0 Å². The summed E-state index contributed by atoms with van der Waals surface area (Å²) in [6, 6.07) is 4.85. The lowest BCUT2D eigenvalue weighted by Gasteiger charge is -2.21. The summed E-state index contributed by atoms with van der Waals surface area (Å²) in [5, 5.41) is 9.28. The third kappa shape index (κ3) is 2.15. The second kappa shape index (κ2) is 4.51. The first-order chi connectivity index (χ1) is 7.70. The van der Waals surface area contributed by atoms with Crippen molar-refractivity contribution in [1.29, 1.82) is 0 Å². The van der Waals surface area contributed by atoms with E-state index in [-0.39, 0.29) is 19.0 Å². The third-order valence-electron chi connectivity index (χ3n) is 2.22. The molecule has 0 aromatic heterocycles. The third-order valence-corrected chi connectivity index (χ3v) is 2.22. The standard InChI is InChI=1S/C11H12O5/c1-14-6-15-7-2-3-8-9(12)5-11(13)16-10(8)4-7/h2-4,11,13H,5-6H2,1H3. The highest BCUT2D eigenvalue weighted by molar-refractivity contribution is 5.99. The largest absolute Gasteiger partial charge is 0.467 e. The number of carbonyl (C=O) groups is 1. The van der Waals surface area contributed by atoms with Crippen molar-refractivity contribution in [2.45, 2.75) is 12.7 Å².